The number of aryl methyl sites for hydroxylation is 1. The molecular formula is C27H37N3O6. The minimum atomic E-state index is -0.825. The Morgan fingerprint density at radius 1 is 1.25 bits per heavy atom. The van der Waals surface area contributed by atoms with Gasteiger partial charge in [-0.1, -0.05) is 64.0 Å². The molecule has 1 aromatic carbocycles. The van der Waals surface area contributed by atoms with Gasteiger partial charge in [0.05, 0.1) is 12.2 Å². The summed E-state index contributed by atoms with van der Waals surface area (Å²) in [5.74, 6) is -0.705. The molecule has 1 aliphatic heterocycles. The minimum Gasteiger partial charge on any atom is -0.458 e. The van der Waals surface area contributed by atoms with Crippen molar-refractivity contribution in [1.29, 1.82) is 0 Å². The van der Waals surface area contributed by atoms with Crippen molar-refractivity contribution in [3.8, 4) is 0 Å². The van der Waals surface area contributed by atoms with Crippen LogP contribution in [0.4, 0.5) is 0 Å². The number of benzene rings is 1. The van der Waals surface area contributed by atoms with Gasteiger partial charge in [-0.2, -0.15) is 0 Å². The number of aliphatic hydroxyl groups is 1. The summed E-state index contributed by atoms with van der Waals surface area (Å²) in [5, 5.41) is 9.72. The molecule has 2 aromatic rings. The van der Waals surface area contributed by atoms with Crippen molar-refractivity contribution in [2.24, 2.45) is 11.7 Å². The number of aliphatic hydroxyl groups excluding tert-OH is 1. The number of hydrogen-bond donors (Lipinski definition) is 3. The Balaban J connectivity index is 1.74. The van der Waals surface area contributed by atoms with E-state index in [9.17, 15) is 19.5 Å². The van der Waals surface area contributed by atoms with Gasteiger partial charge in [-0.15, -0.1) is 0 Å². The van der Waals surface area contributed by atoms with E-state index in [1.165, 1.54) is 29.2 Å². The van der Waals surface area contributed by atoms with E-state index in [1.807, 2.05) is 12.1 Å². The van der Waals surface area contributed by atoms with Gasteiger partial charge < -0.3 is 20.3 Å². The quantitative estimate of drug-likeness (QED) is 0.319. The highest BCUT2D eigenvalue weighted by molar-refractivity contribution is 5.76. The monoisotopic (exact) mass is 499 g/mol. The predicted octanol–water partition coefficient (Wildman–Crippen LogP) is 2.61. The van der Waals surface area contributed by atoms with E-state index in [2.05, 4.69) is 24.0 Å². The summed E-state index contributed by atoms with van der Waals surface area (Å²) < 4.78 is 12.5. The molecule has 1 saturated heterocycles. The number of carbonyl (C=O) groups is 1. The molecular weight excluding hydrogens is 462 g/mol. The molecule has 196 valence electrons. The fourth-order valence-corrected chi connectivity index (χ4v) is 4.05. The zero-order chi connectivity index (χ0) is 26.2. The van der Waals surface area contributed by atoms with Crippen LogP contribution in [0.25, 0.3) is 12.2 Å². The van der Waals surface area contributed by atoms with E-state index < -0.39 is 48.3 Å². The second-order valence-electron chi connectivity index (χ2n) is 9.58. The number of aromatic amines is 1. The van der Waals surface area contributed by atoms with Crippen LogP contribution >= 0.6 is 0 Å². The molecule has 1 aromatic heterocycles. The number of carbonyl (C=O) groups excluding carboxylic acids is 1. The molecule has 4 N–H and O–H groups in total. The largest absolute Gasteiger partial charge is 0.458 e. The highest BCUT2D eigenvalue weighted by atomic mass is 16.6. The Bertz CT molecular complexity index is 1150. The SMILES string of the molecule is CCCCCc1ccc(/C=C/c2cn(C3CC(OC(=O)C(N)C(C)C)C(CO)O3)c(=O)[nH]c2=O)cc1. The first-order valence-corrected chi connectivity index (χ1v) is 12.6. The summed E-state index contributed by atoms with van der Waals surface area (Å²) in [6.45, 7) is 5.39. The van der Waals surface area contributed by atoms with Crippen LogP contribution in [0.5, 0.6) is 0 Å². The fraction of sp³-hybridized carbons (Fsp3) is 0.519. The molecule has 0 bridgehead atoms. The van der Waals surface area contributed by atoms with Gasteiger partial charge in [0.25, 0.3) is 5.56 Å². The Morgan fingerprint density at radius 2 is 1.97 bits per heavy atom. The summed E-state index contributed by atoms with van der Waals surface area (Å²) in [5.41, 5.74) is 7.17. The number of aromatic nitrogens is 2. The molecule has 0 saturated carbocycles. The normalized spacial score (nSPS) is 20.8. The smallest absolute Gasteiger partial charge is 0.330 e. The van der Waals surface area contributed by atoms with Gasteiger partial charge in [0.2, 0.25) is 0 Å². The van der Waals surface area contributed by atoms with Crippen molar-refractivity contribution in [3.05, 3.63) is 68.0 Å². The minimum absolute atomic E-state index is 0.114. The van der Waals surface area contributed by atoms with Gasteiger partial charge in [0.1, 0.15) is 24.5 Å². The zero-order valence-corrected chi connectivity index (χ0v) is 21.2. The molecule has 3 rings (SSSR count). The number of nitrogens with zero attached hydrogens (tertiary/aromatic N) is 1. The molecule has 0 aliphatic carbocycles. The summed E-state index contributed by atoms with van der Waals surface area (Å²) >= 11 is 0. The third-order valence-electron chi connectivity index (χ3n) is 6.43. The Hall–Kier alpha value is -3.01. The van der Waals surface area contributed by atoms with Crippen molar-refractivity contribution >= 4 is 18.1 Å². The fourth-order valence-electron chi connectivity index (χ4n) is 4.05. The number of esters is 1. The predicted molar refractivity (Wildman–Crippen MR) is 138 cm³/mol. The van der Waals surface area contributed by atoms with Gasteiger partial charge in [0, 0.05) is 12.6 Å². The lowest BCUT2D eigenvalue weighted by Crippen LogP contribution is -2.41. The summed E-state index contributed by atoms with van der Waals surface area (Å²) in [6, 6.07) is 7.34. The van der Waals surface area contributed by atoms with Crippen LogP contribution in [0.3, 0.4) is 0 Å². The average Bonchev–Trinajstić information content (AvgIpc) is 3.26. The van der Waals surface area contributed by atoms with E-state index in [4.69, 9.17) is 15.2 Å². The van der Waals surface area contributed by atoms with Gasteiger partial charge in [-0.25, -0.2) is 4.79 Å². The van der Waals surface area contributed by atoms with Crippen LogP contribution in [-0.4, -0.2) is 45.5 Å². The van der Waals surface area contributed by atoms with Crippen molar-refractivity contribution < 1.29 is 19.4 Å². The lowest BCUT2D eigenvalue weighted by atomic mass is 10.0. The molecule has 1 aliphatic rings. The van der Waals surface area contributed by atoms with Crippen molar-refractivity contribution in [1.82, 2.24) is 9.55 Å². The number of nitrogens with two attached hydrogens (primary N) is 1. The van der Waals surface area contributed by atoms with Crippen LogP contribution in [0, 0.1) is 5.92 Å². The van der Waals surface area contributed by atoms with Crippen molar-refractivity contribution in [3.63, 3.8) is 0 Å². The second kappa shape index (κ2) is 12.8. The van der Waals surface area contributed by atoms with E-state index in [-0.39, 0.29) is 17.9 Å². The maximum atomic E-state index is 12.5. The molecule has 0 amide bonds. The molecule has 36 heavy (non-hydrogen) atoms. The molecule has 4 unspecified atom stereocenters. The molecule has 2 heterocycles. The van der Waals surface area contributed by atoms with Crippen LogP contribution in [-0.2, 0) is 20.7 Å². The van der Waals surface area contributed by atoms with Crippen LogP contribution in [0.2, 0.25) is 0 Å². The molecule has 4 atom stereocenters. The third kappa shape index (κ3) is 7.02. The summed E-state index contributed by atoms with van der Waals surface area (Å²) in [4.78, 5) is 39.6. The molecule has 9 heteroatoms. The van der Waals surface area contributed by atoms with Crippen LogP contribution < -0.4 is 17.0 Å². The van der Waals surface area contributed by atoms with Gasteiger partial charge in [-0.05, 0) is 36.0 Å². The Labute approximate surface area is 210 Å². The number of ether oxygens (including phenoxy) is 2. The Kier molecular flexibility index (Phi) is 9.81. The first-order valence-electron chi connectivity index (χ1n) is 12.6. The average molecular weight is 500 g/mol. The zero-order valence-electron chi connectivity index (χ0n) is 21.2. The summed E-state index contributed by atoms with van der Waals surface area (Å²) in [7, 11) is 0. The van der Waals surface area contributed by atoms with Gasteiger partial charge >= 0.3 is 11.7 Å². The lowest BCUT2D eigenvalue weighted by Gasteiger charge is -2.20. The summed E-state index contributed by atoms with van der Waals surface area (Å²) in [6.07, 6.45) is 7.17. The first kappa shape index (κ1) is 27.6. The van der Waals surface area contributed by atoms with E-state index >= 15 is 0 Å². The van der Waals surface area contributed by atoms with E-state index in [0.29, 0.717) is 0 Å². The lowest BCUT2D eigenvalue weighted by molar-refractivity contribution is -0.155. The maximum absolute atomic E-state index is 12.5. The van der Waals surface area contributed by atoms with Crippen molar-refractivity contribution in [2.45, 2.75) is 77.4 Å². The van der Waals surface area contributed by atoms with E-state index in [1.54, 1.807) is 26.0 Å². The topological polar surface area (TPSA) is 137 Å². The molecule has 0 spiro atoms. The van der Waals surface area contributed by atoms with Crippen molar-refractivity contribution in [2.75, 3.05) is 6.61 Å². The highest BCUT2D eigenvalue weighted by Crippen LogP contribution is 2.30. The van der Waals surface area contributed by atoms with Gasteiger partial charge in [0.15, 0.2) is 0 Å². The van der Waals surface area contributed by atoms with Gasteiger partial charge in [-0.3, -0.25) is 19.1 Å². The molecule has 9 nitrogen and oxygen atoms in total. The highest BCUT2D eigenvalue weighted by Gasteiger charge is 2.40. The van der Waals surface area contributed by atoms with Crippen LogP contribution in [0.15, 0.2) is 40.1 Å². The standard InChI is InChI=1S/C27H37N3O6/c1-4-5-6-7-18-8-10-19(11-9-18)12-13-20-15-30(27(34)29-25(20)32)23-14-21(22(16-31)35-23)36-26(33)24(28)17(2)3/h8-13,15,17,21-24,31H,4-7,14,16,28H2,1-3H3,(H,29,32,34)/b13-12+. The molecule has 0 radical (unpaired) electrons. The first-order chi connectivity index (χ1) is 17.2. The van der Waals surface area contributed by atoms with E-state index in [0.717, 1.165) is 18.4 Å². The number of rotatable bonds is 11. The Morgan fingerprint density at radius 3 is 2.61 bits per heavy atom. The molecule has 1 fully saturated rings. The number of unbranched alkanes of at least 4 members (excludes halogenated alkanes) is 2. The number of hydrogen-bond acceptors (Lipinski definition) is 7. The number of nitrogens with one attached hydrogen (secondary N) is 1. The van der Waals surface area contributed by atoms with Crippen LogP contribution in [0.1, 0.15) is 69.4 Å². The maximum Gasteiger partial charge on any atom is 0.330 e. The number of H-pyrrole nitrogens is 1. The third-order valence-corrected chi connectivity index (χ3v) is 6.43. The second-order valence-corrected chi connectivity index (χ2v) is 9.58.